The summed E-state index contributed by atoms with van der Waals surface area (Å²) in [4.78, 5) is 10.9. The Hall–Kier alpha value is -0.440. The lowest BCUT2D eigenvalue weighted by Crippen LogP contribution is -2.07. The van der Waals surface area contributed by atoms with E-state index in [9.17, 15) is 4.79 Å². The molecule has 0 heterocycles. The van der Waals surface area contributed by atoms with Gasteiger partial charge in [0.2, 0.25) is 0 Å². The number of thiol groups is 1. The fourth-order valence-corrected chi connectivity index (χ4v) is 0.994. The summed E-state index contributed by atoms with van der Waals surface area (Å²) in [6, 6.07) is 0. The van der Waals surface area contributed by atoms with Crippen LogP contribution < -0.4 is 0 Å². The molecule has 3 heteroatoms. The molecule has 0 aliphatic heterocycles. The highest BCUT2D eigenvalue weighted by molar-refractivity contribution is 7.80. The van der Waals surface area contributed by atoms with Crippen molar-refractivity contribution in [3.63, 3.8) is 0 Å². The molecule has 0 aromatic carbocycles. The Morgan fingerprint density at radius 3 is 2.69 bits per heavy atom. The van der Waals surface area contributed by atoms with Crippen molar-refractivity contribution in [2.75, 3.05) is 6.61 Å². The van der Waals surface area contributed by atoms with Crippen LogP contribution in [-0.4, -0.2) is 17.8 Å². The summed E-state index contributed by atoms with van der Waals surface area (Å²) in [6.45, 7) is 7.71. The summed E-state index contributed by atoms with van der Waals surface area (Å²) < 4.78 is 4.93. The third-order valence-corrected chi connectivity index (χ3v) is 2.36. The van der Waals surface area contributed by atoms with Gasteiger partial charge in [0.05, 0.1) is 6.61 Å². The maximum atomic E-state index is 10.9. The zero-order chi connectivity index (χ0) is 10.3. The molecule has 1 unspecified atom stereocenters. The highest BCUT2D eigenvalue weighted by atomic mass is 32.1. The van der Waals surface area contributed by atoms with Crippen LogP contribution in [0.2, 0.25) is 0 Å². The third kappa shape index (κ3) is 6.70. The van der Waals surface area contributed by atoms with E-state index in [-0.39, 0.29) is 5.97 Å². The van der Waals surface area contributed by atoms with Gasteiger partial charge in [0.25, 0.3) is 0 Å². The van der Waals surface area contributed by atoms with E-state index in [1.54, 1.807) is 6.92 Å². The molecule has 0 aliphatic carbocycles. The second-order valence-electron chi connectivity index (χ2n) is 3.12. The zero-order valence-electron chi connectivity index (χ0n) is 8.38. The van der Waals surface area contributed by atoms with E-state index in [4.69, 9.17) is 4.74 Å². The van der Waals surface area contributed by atoms with Crippen molar-refractivity contribution in [1.29, 1.82) is 0 Å². The van der Waals surface area contributed by atoms with Crippen molar-refractivity contribution in [3.05, 3.63) is 12.2 Å². The third-order valence-electron chi connectivity index (χ3n) is 1.73. The largest absolute Gasteiger partial charge is 0.462 e. The number of rotatable bonds is 6. The smallest absolute Gasteiger partial charge is 0.333 e. The van der Waals surface area contributed by atoms with Gasteiger partial charge in [-0.2, -0.15) is 12.6 Å². The molecular formula is C10H18O2S. The summed E-state index contributed by atoms with van der Waals surface area (Å²) in [5, 5.41) is 0.420. The minimum Gasteiger partial charge on any atom is -0.462 e. The average molecular weight is 202 g/mol. The van der Waals surface area contributed by atoms with Crippen LogP contribution in [0.1, 0.15) is 33.1 Å². The van der Waals surface area contributed by atoms with Gasteiger partial charge < -0.3 is 4.74 Å². The van der Waals surface area contributed by atoms with E-state index in [1.807, 2.05) is 0 Å². The summed E-state index contributed by atoms with van der Waals surface area (Å²) in [6.07, 6.45) is 2.92. The number of hydrogen-bond acceptors (Lipinski definition) is 3. The predicted octanol–water partition coefficient (Wildman–Crippen LogP) is 2.59. The number of esters is 1. The van der Waals surface area contributed by atoms with Crippen LogP contribution in [0, 0.1) is 0 Å². The molecule has 0 aromatic rings. The first-order valence-electron chi connectivity index (χ1n) is 4.58. The summed E-state index contributed by atoms with van der Waals surface area (Å²) in [7, 11) is 0. The number of hydrogen-bond donors (Lipinski definition) is 1. The molecular weight excluding hydrogens is 184 g/mol. The van der Waals surface area contributed by atoms with Gasteiger partial charge in [0.15, 0.2) is 0 Å². The van der Waals surface area contributed by atoms with Crippen molar-refractivity contribution in [1.82, 2.24) is 0 Å². The van der Waals surface area contributed by atoms with E-state index in [0.717, 1.165) is 19.3 Å². The Morgan fingerprint density at radius 1 is 1.62 bits per heavy atom. The molecule has 0 N–H and O–H groups in total. The highest BCUT2D eigenvalue weighted by Gasteiger charge is 2.03. The standard InChI is InChI=1S/C10H18O2S/c1-4-9(13)6-5-7-12-10(11)8(2)3/h9,13H,2,4-7H2,1,3H3. The Bertz CT molecular complexity index is 178. The Balaban J connectivity index is 3.36. The molecule has 0 saturated heterocycles. The molecule has 0 saturated carbocycles. The topological polar surface area (TPSA) is 26.3 Å². The molecule has 1 atom stereocenters. The van der Waals surface area contributed by atoms with Crippen molar-refractivity contribution in [2.24, 2.45) is 0 Å². The Morgan fingerprint density at radius 2 is 2.23 bits per heavy atom. The molecule has 0 amide bonds. The average Bonchev–Trinajstić information content (AvgIpc) is 2.11. The van der Waals surface area contributed by atoms with Crippen LogP contribution in [0.3, 0.4) is 0 Å². The summed E-state index contributed by atoms with van der Waals surface area (Å²) in [5.74, 6) is -0.299. The first-order valence-corrected chi connectivity index (χ1v) is 5.10. The van der Waals surface area contributed by atoms with Gasteiger partial charge in [-0.25, -0.2) is 4.79 Å². The lowest BCUT2D eigenvalue weighted by molar-refractivity contribution is -0.139. The van der Waals surface area contributed by atoms with Gasteiger partial charge in [-0.15, -0.1) is 0 Å². The molecule has 0 spiro atoms. The van der Waals surface area contributed by atoms with Gasteiger partial charge >= 0.3 is 5.97 Å². The normalized spacial score (nSPS) is 12.2. The van der Waals surface area contributed by atoms with Gasteiger partial charge in [-0.1, -0.05) is 13.5 Å². The molecule has 13 heavy (non-hydrogen) atoms. The maximum Gasteiger partial charge on any atom is 0.333 e. The summed E-state index contributed by atoms with van der Waals surface area (Å²) >= 11 is 4.34. The first kappa shape index (κ1) is 12.6. The first-order chi connectivity index (χ1) is 6.07. The fraction of sp³-hybridized carbons (Fsp3) is 0.700. The van der Waals surface area contributed by atoms with Crippen LogP contribution in [-0.2, 0) is 9.53 Å². The van der Waals surface area contributed by atoms with Crippen LogP contribution in [0.5, 0.6) is 0 Å². The molecule has 0 radical (unpaired) electrons. The summed E-state index contributed by atoms with van der Waals surface area (Å²) in [5.41, 5.74) is 0.456. The highest BCUT2D eigenvalue weighted by Crippen LogP contribution is 2.08. The van der Waals surface area contributed by atoms with Crippen LogP contribution in [0.25, 0.3) is 0 Å². The van der Waals surface area contributed by atoms with Gasteiger partial charge in [0, 0.05) is 10.8 Å². The molecule has 76 valence electrons. The minimum atomic E-state index is -0.299. The van der Waals surface area contributed by atoms with E-state index in [2.05, 4.69) is 26.1 Å². The second-order valence-corrected chi connectivity index (χ2v) is 3.85. The maximum absolute atomic E-state index is 10.9. The number of ether oxygens (including phenoxy) is 1. The van der Waals surface area contributed by atoms with E-state index in [1.165, 1.54) is 0 Å². The van der Waals surface area contributed by atoms with Gasteiger partial charge in [0.1, 0.15) is 0 Å². The zero-order valence-corrected chi connectivity index (χ0v) is 9.27. The van der Waals surface area contributed by atoms with Crippen LogP contribution in [0.4, 0.5) is 0 Å². The van der Waals surface area contributed by atoms with Crippen LogP contribution >= 0.6 is 12.6 Å². The lowest BCUT2D eigenvalue weighted by atomic mass is 10.2. The number of carbonyl (C=O) groups is 1. The Kier molecular flexibility index (Phi) is 6.77. The van der Waals surface area contributed by atoms with Crippen molar-refractivity contribution in [3.8, 4) is 0 Å². The van der Waals surface area contributed by atoms with Gasteiger partial charge in [-0.05, 0) is 26.2 Å². The second kappa shape index (κ2) is 7.01. The number of carbonyl (C=O) groups excluding carboxylic acids is 1. The van der Waals surface area contributed by atoms with Crippen molar-refractivity contribution >= 4 is 18.6 Å². The quantitative estimate of drug-likeness (QED) is 0.310. The monoisotopic (exact) mass is 202 g/mol. The Labute approximate surface area is 85.8 Å². The molecule has 0 rings (SSSR count). The van der Waals surface area contributed by atoms with Crippen molar-refractivity contribution < 1.29 is 9.53 Å². The fourth-order valence-electron chi connectivity index (χ4n) is 0.811. The van der Waals surface area contributed by atoms with E-state index < -0.39 is 0 Å². The van der Waals surface area contributed by atoms with E-state index in [0.29, 0.717) is 17.4 Å². The predicted molar refractivity (Wildman–Crippen MR) is 58.1 cm³/mol. The minimum absolute atomic E-state index is 0.299. The molecule has 0 aliphatic rings. The SMILES string of the molecule is C=C(C)C(=O)OCCCC(S)CC. The van der Waals surface area contributed by atoms with Crippen molar-refractivity contribution in [2.45, 2.75) is 38.4 Å². The molecule has 0 aromatic heterocycles. The molecule has 2 nitrogen and oxygen atoms in total. The van der Waals surface area contributed by atoms with E-state index >= 15 is 0 Å². The van der Waals surface area contributed by atoms with Gasteiger partial charge in [-0.3, -0.25) is 0 Å². The lowest BCUT2D eigenvalue weighted by Gasteiger charge is -2.07. The molecule has 0 fully saturated rings. The van der Waals surface area contributed by atoms with Crippen LogP contribution in [0.15, 0.2) is 12.2 Å². The molecule has 0 bridgehead atoms.